The number of carbonyl (C=O) groups is 1. The summed E-state index contributed by atoms with van der Waals surface area (Å²) in [6.45, 7) is 0.690. The first-order valence-corrected chi connectivity index (χ1v) is 7.48. The number of halogens is 1. The third kappa shape index (κ3) is 4.56. The van der Waals surface area contributed by atoms with Gasteiger partial charge < -0.3 is 5.32 Å². The SMILES string of the molecule is O=C(C[S@](=O)Cc1cccc(F)c1)NCC1CC1. The minimum atomic E-state index is -1.28. The minimum absolute atomic E-state index is 0.0107. The summed E-state index contributed by atoms with van der Waals surface area (Å²) in [6.07, 6.45) is 2.35. The smallest absolute Gasteiger partial charge is 0.232 e. The Bertz CT molecular complexity index is 460. The fourth-order valence-electron chi connectivity index (χ4n) is 1.64. The first-order chi connectivity index (χ1) is 8.63. The minimum Gasteiger partial charge on any atom is -0.355 e. The molecule has 1 aliphatic carbocycles. The largest absolute Gasteiger partial charge is 0.355 e. The molecule has 1 aromatic rings. The Morgan fingerprint density at radius 1 is 1.44 bits per heavy atom. The van der Waals surface area contributed by atoms with E-state index in [9.17, 15) is 13.4 Å². The second kappa shape index (κ2) is 6.09. The maximum Gasteiger partial charge on any atom is 0.232 e. The molecule has 1 amide bonds. The van der Waals surface area contributed by atoms with Gasteiger partial charge in [-0.05, 0) is 36.5 Å². The van der Waals surface area contributed by atoms with E-state index in [1.807, 2.05) is 0 Å². The Labute approximate surface area is 108 Å². The van der Waals surface area contributed by atoms with Crippen molar-refractivity contribution in [2.75, 3.05) is 12.3 Å². The Morgan fingerprint density at radius 2 is 2.22 bits per heavy atom. The van der Waals surface area contributed by atoms with E-state index in [-0.39, 0.29) is 23.2 Å². The van der Waals surface area contributed by atoms with Crippen LogP contribution in [0.15, 0.2) is 24.3 Å². The predicted octanol–water partition coefficient (Wildman–Crippen LogP) is 1.60. The second-order valence-electron chi connectivity index (χ2n) is 4.61. The normalized spacial score (nSPS) is 16.3. The zero-order valence-corrected chi connectivity index (χ0v) is 10.8. The van der Waals surface area contributed by atoms with E-state index in [2.05, 4.69) is 5.32 Å². The van der Waals surface area contributed by atoms with Gasteiger partial charge in [-0.25, -0.2) is 4.39 Å². The van der Waals surface area contributed by atoms with Crippen LogP contribution in [0.25, 0.3) is 0 Å². The number of nitrogens with one attached hydrogen (secondary N) is 1. The zero-order valence-electron chi connectivity index (χ0n) is 10.0. The summed E-state index contributed by atoms with van der Waals surface area (Å²) in [6, 6.07) is 5.98. The van der Waals surface area contributed by atoms with E-state index in [1.165, 1.54) is 25.0 Å². The lowest BCUT2D eigenvalue weighted by molar-refractivity contribution is -0.118. The highest BCUT2D eigenvalue weighted by Crippen LogP contribution is 2.27. The number of hydrogen-bond donors (Lipinski definition) is 1. The van der Waals surface area contributed by atoms with Gasteiger partial charge in [0.2, 0.25) is 5.91 Å². The van der Waals surface area contributed by atoms with Crippen molar-refractivity contribution in [1.29, 1.82) is 0 Å². The van der Waals surface area contributed by atoms with Gasteiger partial charge in [0, 0.05) is 23.1 Å². The molecule has 1 atom stereocenters. The molecule has 0 unspecified atom stereocenters. The monoisotopic (exact) mass is 269 g/mol. The Kier molecular flexibility index (Phi) is 4.47. The van der Waals surface area contributed by atoms with Gasteiger partial charge in [0.25, 0.3) is 0 Å². The Morgan fingerprint density at radius 3 is 2.89 bits per heavy atom. The summed E-state index contributed by atoms with van der Waals surface area (Å²) in [4.78, 5) is 11.5. The van der Waals surface area contributed by atoms with Crippen molar-refractivity contribution >= 4 is 16.7 Å². The molecule has 3 nitrogen and oxygen atoms in total. The van der Waals surface area contributed by atoms with Crippen LogP contribution in [-0.2, 0) is 21.3 Å². The van der Waals surface area contributed by atoms with Crippen LogP contribution in [0.5, 0.6) is 0 Å². The molecule has 2 rings (SSSR count). The fraction of sp³-hybridized carbons (Fsp3) is 0.462. The number of hydrogen-bond acceptors (Lipinski definition) is 2. The summed E-state index contributed by atoms with van der Waals surface area (Å²) in [7, 11) is -1.28. The van der Waals surface area contributed by atoms with Crippen molar-refractivity contribution in [3.8, 4) is 0 Å². The molecule has 1 aromatic carbocycles. The van der Waals surface area contributed by atoms with E-state index in [4.69, 9.17) is 0 Å². The van der Waals surface area contributed by atoms with E-state index >= 15 is 0 Å². The summed E-state index contributed by atoms with van der Waals surface area (Å²) >= 11 is 0. The van der Waals surface area contributed by atoms with Crippen molar-refractivity contribution in [3.63, 3.8) is 0 Å². The zero-order chi connectivity index (χ0) is 13.0. The van der Waals surface area contributed by atoms with Crippen molar-refractivity contribution in [2.45, 2.75) is 18.6 Å². The van der Waals surface area contributed by atoms with Gasteiger partial charge in [-0.15, -0.1) is 0 Å². The average molecular weight is 269 g/mol. The van der Waals surface area contributed by atoms with Gasteiger partial charge in [0.15, 0.2) is 0 Å². The molecule has 98 valence electrons. The molecule has 18 heavy (non-hydrogen) atoms. The van der Waals surface area contributed by atoms with Crippen LogP contribution >= 0.6 is 0 Å². The first-order valence-electron chi connectivity index (χ1n) is 5.99. The summed E-state index contributed by atoms with van der Waals surface area (Å²) in [5.74, 6) is 0.294. The summed E-state index contributed by atoms with van der Waals surface area (Å²) in [5, 5.41) is 2.77. The topological polar surface area (TPSA) is 46.2 Å². The highest BCUT2D eigenvalue weighted by Gasteiger charge is 2.21. The molecular weight excluding hydrogens is 253 g/mol. The van der Waals surface area contributed by atoms with Crippen molar-refractivity contribution in [3.05, 3.63) is 35.6 Å². The molecule has 0 aliphatic heterocycles. The quantitative estimate of drug-likeness (QED) is 0.852. The third-order valence-corrected chi connectivity index (χ3v) is 4.03. The molecule has 1 N–H and O–H groups in total. The molecular formula is C13H16FNO2S. The van der Waals surface area contributed by atoms with Crippen molar-refractivity contribution < 1.29 is 13.4 Å². The molecule has 5 heteroatoms. The fourth-order valence-corrected chi connectivity index (χ4v) is 2.69. The standard InChI is InChI=1S/C13H16FNO2S/c14-12-3-1-2-11(6-12)8-18(17)9-13(16)15-7-10-4-5-10/h1-3,6,10H,4-5,7-9H2,(H,15,16)/t18-/m1/s1. The molecule has 0 heterocycles. The third-order valence-electron chi connectivity index (χ3n) is 2.79. The Hall–Kier alpha value is -1.23. The van der Waals surface area contributed by atoms with Gasteiger partial charge in [-0.3, -0.25) is 9.00 Å². The molecule has 0 bridgehead atoms. The molecule has 0 aromatic heterocycles. The lowest BCUT2D eigenvalue weighted by Crippen LogP contribution is -2.30. The summed E-state index contributed by atoms with van der Waals surface area (Å²) < 4.78 is 24.6. The molecule has 1 aliphatic rings. The predicted molar refractivity (Wildman–Crippen MR) is 68.8 cm³/mol. The molecule has 0 saturated heterocycles. The van der Waals surface area contributed by atoms with Gasteiger partial charge in [-0.2, -0.15) is 0 Å². The van der Waals surface area contributed by atoms with Gasteiger partial charge in [-0.1, -0.05) is 12.1 Å². The van der Waals surface area contributed by atoms with E-state index < -0.39 is 10.8 Å². The van der Waals surface area contributed by atoms with Gasteiger partial charge in [0.05, 0.1) is 0 Å². The van der Waals surface area contributed by atoms with Gasteiger partial charge >= 0.3 is 0 Å². The van der Waals surface area contributed by atoms with Crippen LogP contribution < -0.4 is 5.32 Å². The number of amides is 1. The maximum absolute atomic E-state index is 12.9. The Balaban J connectivity index is 1.75. The highest BCUT2D eigenvalue weighted by molar-refractivity contribution is 7.84. The second-order valence-corrected chi connectivity index (χ2v) is 6.06. The molecule has 1 fully saturated rings. The van der Waals surface area contributed by atoms with Gasteiger partial charge in [0.1, 0.15) is 11.6 Å². The lowest BCUT2D eigenvalue weighted by atomic mass is 10.2. The number of carbonyl (C=O) groups excluding carboxylic acids is 1. The molecule has 0 radical (unpaired) electrons. The van der Waals surface area contributed by atoms with E-state index in [0.29, 0.717) is 18.0 Å². The average Bonchev–Trinajstić information content (AvgIpc) is 3.09. The van der Waals surface area contributed by atoms with Crippen molar-refractivity contribution in [2.24, 2.45) is 5.92 Å². The maximum atomic E-state index is 12.9. The number of rotatable bonds is 6. The number of benzene rings is 1. The molecule has 1 saturated carbocycles. The highest BCUT2D eigenvalue weighted by atomic mass is 32.2. The van der Waals surface area contributed by atoms with Crippen LogP contribution in [0, 0.1) is 11.7 Å². The summed E-state index contributed by atoms with van der Waals surface area (Å²) in [5.41, 5.74) is 0.656. The van der Waals surface area contributed by atoms with E-state index in [1.54, 1.807) is 12.1 Å². The van der Waals surface area contributed by atoms with E-state index in [0.717, 1.165) is 0 Å². The molecule has 0 spiro atoms. The van der Waals surface area contributed by atoms with Crippen LogP contribution in [0.1, 0.15) is 18.4 Å². The van der Waals surface area contributed by atoms with Crippen LogP contribution in [0.4, 0.5) is 4.39 Å². The lowest BCUT2D eigenvalue weighted by Gasteiger charge is -2.04. The van der Waals surface area contributed by atoms with Crippen LogP contribution in [0.3, 0.4) is 0 Å². The van der Waals surface area contributed by atoms with Crippen LogP contribution in [-0.4, -0.2) is 22.4 Å². The first kappa shape index (κ1) is 13.2. The van der Waals surface area contributed by atoms with Crippen LogP contribution in [0.2, 0.25) is 0 Å². The van der Waals surface area contributed by atoms with Crippen molar-refractivity contribution in [1.82, 2.24) is 5.32 Å².